The first-order valence-corrected chi connectivity index (χ1v) is 9.84. The number of amides is 1. The molecule has 0 saturated carbocycles. The van der Waals surface area contributed by atoms with Gasteiger partial charge in [0.1, 0.15) is 0 Å². The van der Waals surface area contributed by atoms with E-state index >= 15 is 0 Å². The van der Waals surface area contributed by atoms with E-state index in [0.29, 0.717) is 11.4 Å². The van der Waals surface area contributed by atoms with Crippen LogP contribution in [-0.4, -0.2) is 32.4 Å². The molecule has 1 amide bonds. The molecule has 0 saturated heterocycles. The van der Waals surface area contributed by atoms with Gasteiger partial charge in [0.05, 0.1) is 22.0 Å². The van der Waals surface area contributed by atoms with Crippen molar-refractivity contribution in [2.75, 3.05) is 18.4 Å². The maximum absolute atomic E-state index is 12.1. The number of halogens is 2. The Labute approximate surface area is 169 Å². The Kier molecular flexibility index (Phi) is 10.9. The highest BCUT2D eigenvalue weighted by Crippen LogP contribution is 2.16. The molecule has 1 heterocycles. The number of benzene rings is 1. The number of carbonyl (C=O) groups excluding carboxylic acids is 1. The van der Waals surface area contributed by atoms with Crippen LogP contribution in [0.15, 0.2) is 34.5 Å². The molecular weight excluding hydrogens is 419 g/mol. The van der Waals surface area contributed by atoms with Gasteiger partial charge in [-0.1, -0.05) is 13.0 Å². The summed E-state index contributed by atoms with van der Waals surface area (Å²) in [7, 11) is -3.63. The first-order chi connectivity index (χ1) is 11.4. The highest BCUT2D eigenvalue weighted by Gasteiger charge is 2.14. The maximum Gasteiger partial charge on any atom is 0.240 e. The van der Waals surface area contributed by atoms with E-state index in [4.69, 9.17) is 5.73 Å². The highest BCUT2D eigenvalue weighted by molar-refractivity contribution is 7.89. The lowest BCUT2D eigenvalue weighted by atomic mass is 10.3. The van der Waals surface area contributed by atoms with Gasteiger partial charge in [-0.25, -0.2) is 18.1 Å². The predicted octanol–water partition coefficient (Wildman–Crippen LogP) is 1.97. The second kappa shape index (κ2) is 11.5. The molecule has 7 nitrogen and oxygen atoms in total. The number of anilines is 1. The summed E-state index contributed by atoms with van der Waals surface area (Å²) in [4.78, 5) is 16.5. The first-order valence-electron chi connectivity index (χ1n) is 7.47. The van der Waals surface area contributed by atoms with E-state index in [1.165, 1.54) is 23.5 Å². The largest absolute Gasteiger partial charge is 0.329 e. The molecule has 0 unspecified atom stereocenters. The van der Waals surface area contributed by atoms with Crippen LogP contribution in [0.2, 0.25) is 0 Å². The summed E-state index contributed by atoms with van der Waals surface area (Å²) >= 11 is 1.52. The molecule has 4 N–H and O–H groups in total. The molecule has 26 heavy (non-hydrogen) atoms. The Balaban J connectivity index is 0.00000312. The van der Waals surface area contributed by atoms with Gasteiger partial charge in [-0.05, 0) is 24.6 Å². The zero-order chi connectivity index (χ0) is 17.6. The summed E-state index contributed by atoms with van der Waals surface area (Å²) in [6, 6.07) is 6.08. The number of aryl methyl sites for hydroxylation is 1. The summed E-state index contributed by atoms with van der Waals surface area (Å²) in [5.74, 6) is -0.243. The van der Waals surface area contributed by atoms with Gasteiger partial charge in [0.25, 0.3) is 0 Å². The van der Waals surface area contributed by atoms with Crippen molar-refractivity contribution >= 4 is 57.8 Å². The van der Waals surface area contributed by atoms with Crippen molar-refractivity contribution in [3.8, 4) is 0 Å². The molecule has 0 bridgehead atoms. The van der Waals surface area contributed by atoms with Crippen LogP contribution in [0.5, 0.6) is 0 Å². The molecule has 146 valence electrons. The molecule has 0 fully saturated rings. The number of thiazole rings is 1. The van der Waals surface area contributed by atoms with Crippen molar-refractivity contribution in [2.45, 2.75) is 24.7 Å². The standard InChI is InChI=1S/C15H20N4O3S2.2ClH/c1-2-15-19-12(10-23-15)9-14(20)18-11-4-3-5-13(8-11)24(21,22)17-7-6-16;;/h3-5,8,10,17H,2,6-7,9,16H2,1H3,(H,18,20);2*1H. The van der Waals surface area contributed by atoms with Crippen LogP contribution in [0.4, 0.5) is 5.69 Å². The van der Waals surface area contributed by atoms with E-state index in [-0.39, 0.29) is 55.1 Å². The Morgan fingerprint density at radius 2 is 2.04 bits per heavy atom. The lowest BCUT2D eigenvalue weighted by Gasteiger charge is -2.08. The third-order valence-corrected chi connectivity index (χ3v) is 5.61. The SMILES string of the molecule is CCc1nc(CC(=O)Nc2cccc(S(=O)(=O)NCCN)c2)cs1.Cl.Cl. The number of hydrogen-bond donors (Lipinski definition) is 3. The van der Waals surface area contributed by atoms with Crippen LogP contribution in [-0.2, 0) is 27.7 Å². The van der Waals surface area contributed by atoms with Gasteiger partial charge in [-0.15, -0.1) is 36.2 Å². The Hall–Kier alpha value is -1.23. The number of rotatable bonds is 8. The fourth-order valence-electron chi connectivity index (χ4n) is 1.98. The van der Waals surface area contributed by atoms with Crippen molar-refractivity contribution in [1.29, 1.82) is 0 Å². The summed E-state index contributed by atoms with van der Waals surface area (Å²) in [5, 5.41) is 5.54. The molecule has 0 aliphatic carbocycles. The molecule has 0 aliphatic rings. The fourth-order valence-corrected chi connectivity index (χ4v) is 3.82. The molecule has 2 aromatic rings. The number of aromatic nitrogens is 1. The van der Waals surface area contributed by atoms with Gasteiger partial charge in [0, 0.05) is 24.2 Å². The first kappa shape index (κ1) is 24.8. The van der Waals surface area contributed by atoms with E-state index in [1.54, 1.807) is 12.1 Å². The van der Waals surface area contributed by atoms with Crippen molar-refractivity contribution in [3.63, 3.8) is 0 Å². The second-order valence-corrected chi connectivity index (χ2v) is 7.73. The number of hydrogen-bond acceptors (Lipinski definition) is 6. The molecule has 1 aromatic heterocycles. The van der Waals surface area contributed by atoms with Gasteiger partial charge in [0.2, 0.25) is 15.9 Å². The summed E-state index contributed by atoms with van der Waals surface area (Å²) in [6.45, 7) is 2.37. The Morgan fingerprint density at radius 3 is 2.65 bits per heavy atom. The Morgan fingerprint density at radius 1 is 1.31 bits per heavy atom. The van der Waals surface area contributed by atoms with Crippen molar-refractivity contribution < 1.29 is 13.2 Å². The van der Waals surface area contributed by atoms with Crippen molar-refractivity contribution in [2.24, 2.45) is 5.73 Å². The predicted molar refractivity (Wildman–Crippen MR) is 109 cm³/mol. The lowest BCUT2D eigenvalue weighted by Crippen LogP contribution is -2.29. The van der Waals surface area contributed by atoms with E-state index in [9.17, 15) is 13.2 Å². The molecular formula is C15H22Cl2N4O3S2. The Bertz CT molecular complexity index is 813. The van der Waals surface area contributed by atoms with Crippen LogP contribution in [0.25, 0.3) is 0 Å². The molecule has 0 spiro atoms. The van der Waals surface area contributed by atoms with Crippen LogP contribution in [0.1, 0.15) is 17.6 Å². The summed E-state index contributed by atoms with van der Waals surface area (Å²) in [6.07, 6.45) is 0.987. The van der Waals surface area contributed by atoms with Gasteiger partial charge in [-0.2, -0.15) is 0 Å². The topological polar surface area (TPSA) is 114 Å². The van der Waals surface area contributed by atoms with Crippen LogP contribution < -0.4 is 15.8 Å². The minimum Gasteiger partial charge on any atom is -0.329 e. The summed E-state index contributed by atoms with van der Waals surface area (Å²) in [5.41, 5.74) is 6.43. The third kappa shape index (κ3) is 7.18. The van der Waals surface area contributed by atoms with E-state index < -0.39 is 10.0 Å². The van der Waals surface area contributed by atoms with Crippen molar-refractivity contribution in [3.05, 3.63) is 40.3 Å². The third-order valence-electron chi connectivity index (χ3n) is 3.11. The quantitative estimate of drug-likeness (QED) is 0.580. The molecule has 0 aliphatic heterocycles. The van der Waals surface area contributed by atoms with E-state index in [2.05, 4.69) is 15.0 Å². The lowest BCUT2D eigenvalue weighted by molar-refractivity contribution is -0.115. The maximum atomic E-state index is 12.1. The van der Waals surface area contributed by atoms with E-state index in [1.807, 2.05) is 12.3 Å². The van der Waals surface area contributed by atoms with Gasteiger partial charge >= 0.3 is 0 Å². The number of nitrogens with two attached hydrogens (primary N) is 1. The van der Waals surface area contributed by atoms with Crippen LogP contribution in [0.3, 0.4) is 0 Å². The number of sulfonamides is 1. The van der Waals surface area contributed by atoms with Gasteiger partial charge in [0.15, 0.2) is 0 Å². The summed E-state index contributed by atoms with van der Waals surface area (Å²) < 4.78 is 26.5. The van der Waals surface area contributed by atoms with E-state index in [0.717, 1.165) is 11.4 Å². The van der Waals surface area contributed by atoms with Crippen LogP contribution in [0, 0.1) is 0 Å². The normalized spacial score (nSPS) is 10.5. The highest BCUT2D eigenvalue weighted by atomic mass is 35.5. The zero-order valence-electron chi connectivity index (χ0n) is 14.1. The average Bonchev–Trinajstić information content (AvgIpc) is 3.00. The number of carbonyl (C=O) groups is 1. The monoisotopic (exact) mass is 440 g/mol. The fraction of sp³-hybridized carbons (Fsp3) is 0.333. The molecule has 2 rings (SSSR count). The average molecular weight is 441 g/mol. The zero-order valence-corrected chi connectivity index (χ0v) is 17.4. The van der Waals surface area contributed by atoms with Crippen molar-refractivity contribution in [1.82, 2.24) is 9.71 Å². The molecule has 0 atom stereocenters. The number of nitrogens with one attached hydrogen (secondary N) is 2. The van der Waals surface area contributed by atoms with Gasteiger partial charge < -0.3 is 11.1 Å². The smallest absolute Gasteiger partial charge is 0.240 e. The molecule has 11 heteroatoms. The van der Waals surface area contributed by atoms with Gasteiger partial charge in [-0.3, -0.25) is 4.79 Å². The second-order valence-electron chi connectivity index (χ2n) is 5.03. The number of nitrogens with zero attached hydrogens (tertiary/aromatic N) is 1. The molecule has 1 aromatic carbocycles. The minimum atomic E-state index is -3.63. The minimum absolute atomic E-state index is 0. The van der Waals surface area contributed by atoms with Crippen LogP contribution >= 0.6 is 36.2 Å². The molecule has 0 radical (unpaired) electrons.